The van der Waals surface area contributed by atoms with E-state index in [-0.39, 0.29) is 5.75 Å². The van der Waals surface area contributed by atoms with Crippen molar-refractivity contribution in [1.29, 1.82) is 0 Å². The summed E-state index contributed by atoms with van der Waals surface area (Å²) in [6.45, 7) is 3.03. The Bertz CT molecular complexity index is 753. The van der Waals surface area contributed by atoms with Crippen molar-refractivity contribution < 1.29 is 19.5 Å². The van der Waals surface area contributed by atoms with E-state index in [1.165, 1.54) is 37.9 Å². The van der Waals surface area contributed by atoms with Crippen molar-refractivity contribution in [3.05, 3.63) is 53.6 Å². The molecule has 0 aliphatic carbocycles. The summed E-state index contributed by atoms with van der Waals surface area (Å²) in [4.78, 5) is 6.26. The van der Waals surface area contributed by atoms with Crippen LogP contribution in [-0.4, -0.2) is 45.2 Å². The first-order valence-corrected chi connectivity index (χ1v) is 9.56. The number of benzene rings is 2. The first-order chi connectivity index (χ1) is 13.2. The predicted molar refractivity (Wildman–Crippen MR) is 107 cm³/mol. The van der Waals surface area contributed by atoms with E-state index in [1.54, 1.807) is 43.5 Å². The second-order valence-corrected chi connectivity index (χ2v) is 6.96. The number of methoxy groups -OCH3 is 2. The van der Waals surface area contributed by atoms with E-state index in [1.807, 2.05) is 12.1 Å². The second-order valence-electron chi connectivity index (χ2n) is 6.96. The Morgan fingerprint density at radius 1 is 1.00 bits per heavy atom. The fourth-order valence-electron chi connectivity index (χ4n) is 3.68. The summed E-state index contributed by atoms with van der Waals surface area (Å²) in [6, 6.07) is 13.8. The van der Waals surface area contributed by atoms with Crippen LogP contribution in [0.3, 0.4) is 0 Å². The molecule has 1 saturated heterocycles. The van der Waals surface area contributed by atoms with Crippen LogP contribution >= 0.6 is 0 Å². The highest BCUT2D eigenvalue weighted by Gasteiger charge is 2.25. The number of ether oxygens (including phenoxy) is 2. The van der Waals surface area contributed by atoms with Crippen LogP contribution in [0.4, 0.5) is 0 Å². The number of piperidine rings is 1. The van der Waals surface area contributed by atoms with Gasteiger partial charge in [0.25, 0.3) is 0 Å². The molecule has 1 atom stereocenters. The molecule has 2 aromatic carbocycles. The molecule has 0 spiro atoms. The van der Waals surface area contributed by atoms with Crippen molar-refractivity contribution in [2.24, 2.45) is 4.99 Å². The van der Waals surface area contributed by atoms with Crippen LogP contribution in [0.15, 0.2) is 47.5 Å². The number of phenolic OH excluding ortho intramolecular Hbond substituents is 1. The van der Waals surface area contributed by atoms with Crippen molar-refractivity contribution in [2.75, 3.05) is 33.9 Å². The zero-order chi connectivity index (χ0) is 19.1. The topological polar surface area (TPSA) is 55.5 Å². The third-order valence-corrected chi connectivity index (χ3v) is 5.26. The van der Waals surface area contributed by atoms with Gasteiger partial charge >= 0.3 is 0 Å². The second kappa shape index (κ2) is 9.42. The lowest BCUT2D eigenvalue weighted by Gasteiger charge is -2.31. The predicted octanol–water partition coefficient (Wildman–Crippen LogP) is 2.64. The van der Waals surface area contributed by atoms with Crippen molar-refractivity contribution in [3.8, 4) is 17.2 Å². The summed E-state index contributed by atoms with van der Waals surface area (Å²) in [5.74, 6) is 1.80. The third kappa shape index (κ3) is 5.01. The first-order valence-electron chi connectivity index (χ1n) is 9.56. The van der Waals surface area contributed by atoms with Crippen LogP contribution in [-0.2, 0) is 0 Å². The van der Waals surface area contributed by atoms with Gasteiger partial charge in [-0.2, -0.15) is 0 Å². The van der Waals surface area contributed by atoms with Crippen molar-refractivity contribution in [2.45, 2.75) is 25.3 Å². The minimum atomic E-state index is 0.214. The maximum atomic E-state index is 10.1. The molecule has 27 heavy (non-hydrogen) atoms. The molecule has 0 saturated carbocycles. The SMILES string of the molecule is COc1ccc([C@H](CN=Cc2cc(OC)ccc2O)[NH+]2CCCCC2)cc1. The zero-order valence-electron chi connectivity index (χ0n) is 16.1. The highest BCUT2D eigenvalue weighted by molar-refractivity contribution is 5.84. The first kappa shape index (κ1) is 19.2. The molecule has 3 rings (SSSR count). The highest BCUT2D eigenvalue weighted by Crippen LogP contribution is 2.22. The van der Waals surface area contributed by atoms with Gasteiger partial charge in [-0.25, -0.2) is 0 Å². The van der Waals surface area contributed by atoms with E-state index in [0.29, 0.717) is 23.9 Å². The van der Waals surface area contributed by atoms with E-state index in [2.05, 4.69) is 17.1 Å². The van der Waals surface area contributed by atoms with Crippen LogP contribution in [0.1, 0.15) is 36.4 Å². The maximum Gasteiger partial charge on any atom is 0.133 e. The largest absolute Gasteiger partial charge is 0.507 e. The molecular weight excluding hydrogens is 340 g/mol. The highest BCUT2D eigenvalue weighted by atomic mass is 16.5. The van der Waals surface area contributed by atoms with E-state index < -0.39 is 0 Å². The summed E-state index contributed by atoms with van der Waals surface area (Å²) in [5.41, 5.74) is 1.95. The molecule has 1 fully saturated rings. The van der Waals surface area contributed by atoms with Gasteiger partial charge in [0, 0.05) is 17.3 Å². The van der Waals surface area contributed by atoms with Crippen molar-refractivity contribution >= 4 is 6.21 Å². The average molecular weight is 369 g/mol. The fraction of sp³-hybridized carbons (Fsp3) is 0.409. The average Bonchev–Trinajstić information content (AvgIpc) is 2.73. The van der Waals surface area contributed by atoms with Gasteiger partial charge in [0.05, 0.1) is 33.9 Å². The molecule has 1 heterocycles. The van der Waals surface area contributed by atoms with Crippen molar-refractivity contribution in [3.63, 3.8) is 0 Å². The monoisotopic (exact) mass is 369 g/mol. The van der Waals surface area contributed by atoms with Crippen LogP contribution in [0.2, 0.25) is 0 Å². The molecule has 5 nitrogen and oxygen atoms in total. The molecule has 1 aliphatic rings. The molecule has 0 aromatic heterocycles. The standard InChI is InChI=1S/C22H28N2O3/c1-26-19-8-6-17(7-9-19)21(24-12-4-3-5-13-24)16-23-15-18-14-20(27-2)10-11-22(18)25/h6-11,14-15,21,25H,3-5,12-13,16H2,1-2H3/p+1/t21-/m0/s1. The van der Waals surface area contributed by atoms with Crippen molar-refractivity contribution in [1.82, 2.24) is 0 Å². The number of quaternary nitrogens is 1. The third-order valence-electron chi connectivity index (χ3n) is 5.26. The van der Waals surface area contributed by atoms with Crippen LogP contribution in [0, 0.1) is 0 Å². The van der Waals surface area contributed by atoms with Crippen LogP contribution in [0.25, 0.3) is 0 Å². The molecule has 0 unspecified atom stereocenters. The smallest absolute Gasteiger partial charge is 0.133 e. The number of likely N-dealkylation sites (tertiary alicyclic amines) is 1. The van der Waals surface area contributed by atoms with Crippen LogP contribution in [0.5, 0.6) is 17.2 Å². The summed E-state index contributed by atoms with van der Waals surface area (Å²) < 4.78 is 10.5. The quantitative estimate of drug-likeness (QED) is 0.738. The van der Waals surface area contributed by atoms with Crippen LogP contribution < -0.4 is 14.4 Å². The Hall–Kier alpha value is -2.53. The number of nitrogens with one attached hydrogen (secondary N) is 1. The summed E-state index contributed by atoms with van der Waals surface area (Å²) in [5, 5.41) is 10.1. The molecule has 5 heteroatoms. The number of hydrogen-bond acceptors (Lipinski definition) is 4. The Morgan fingerprint density at radius 2 is 1.67 bits per heavy atom. The lowest BCUT2D eigenvalue weighted by atomic mass is 10.0. The molecule has 2 aromatic rings. The number of hydrogen-bond donors (Lipinski definition) is 2. The van der Waals surface area contributed by atoms with E-state index in [0.717, 1.165) is 5.75 Å². The van der Waals surface area contributed by atoms with Gasteiger partial charge in [-0.05, 0) is 61.7 Å². The summed E-state index contributed by atoms with van der Waals surface area (Å²) >= 11 is 0. The molecule has 0 bridgehead atoms. The minimum absolute atomic E-state index is 0.214. The van der Waals surface area contributed by atoms with Gasteiger partial charge in [0.2, 0.25) is 0 Å². The molecule has 144 valence electrons. The Balaban J connectivity index is 1.78. The molecule has 2 N–H and O–H groups in total. The Kier molecular flexibility index (Phi) is 6.71. The number of aromatic hydroxyl groups is 1. The Morgan fingerprint density at radius 3 is 2.33 bits per heavy atom. The maximum absolute atomic E-state index is 10.1. The summed E-state index contributed by atoms with van der Waals surface area (Å²) in [7, 11) is 3.31. The Labute approximate surface area is 161 Å². The molecule has 0 amide bonds. The van der Waals surface area contributed by atoms with Gasteiger partial charge in [-0.15, -0.1) is 0 Å². The van der Waals surface area contributed by atoms with Gasteiger partial charge in [-0.3, -0.25) is 4.99 Å². The van der Waals surface area contributed by atoms with E-state index >= 15 is 0 Å². The number of rotatable bonds is 7. The lowest BCUT2D eigenvalue weighted by molar-refractivity contribution is -0.934. The number of phenols is 1. The molecular formula is C22H29N2O3+. The molecule has 1 aliphatic heterocycles. The van der Waals surface area contributed by atoms with Gasteiger partial charge in [0.1, 0.15) is 23.3 Å². The van der Waals surface area contributed by atoms with E-state index in [4.69, 9.17) is 9.47 Å². The molecule has 0 radical (unpaired) electrons. The van der Waals surface area contributed by atoms with Gasteiger partial charge in [-0.1, -0.05) is 0 Å². The van der Waals surface area contributed by atoms with Gasteiger partial charge < -0.3 is 19.5 Å². The number of aliphatic imine (C=N–C) groups is 1. The zero-order valence-corrected chi connectivity index (χ0v) is 16.1. The minimum Gasteiger partial charge on any atom is -0.507 e. The normalized spacial score (nSPS) is 16.4. The summed E-state index contributed by atoms with van der Waals surface area (Å²) in [6.07, 6.45) is 5.60. The lowest BCUT2D eigenvalue weighted by Crippen LogP contribution is -3.13. The number of nitrogens with zero attached hydrogens (tertiary/aromatic N) is 1. The fourth-order valence-corrected chi connectivity index (χ4v) is 3.68. The van der Waals surface area contributed by atoms with E-state index in [9.17, 15) is 5.11 Å². The van der Waals surface area contributed by atoms with Gasteiger partial charge in [0.15, 0.2) is 0 Å².